The van der Waals surface area contributed by atoms with Crippen molar-refractivity contribution in [2.75, 3.05) is 24.4 Å². The molecule has 1 saturated heterocycles. The maximum atomic E-state index is 12.2. The molecule has 1 aromatic carbocycles. The predicted octanol–water partition coefficient (Wildman–Crippen LogP) is 2.07. The molecule has 3 rings (SSSR count). The van der Waals surface area contributed by atoms with Crippen LogP contribution in [0.15, 0.2) is 42.7 Å². The van der Waals surface area contributed by atoms with E-state index in [4.69, 9.17) is 9.47 Å². The van der Waals surface area contributed by atoms with Crippen molar-refractivity contribution >= 4 is 23.3 Å². The average Bonchev–Trinajstić information content (AvgIpc) is 3.01. The van der Waals surface area contributed by atoms with E-state index in [-0.39, 0.29) is 17.9 Å². The molecule has 1 atom stereocenters. The molecule has 0 saturated carbocycles. The summed E-state index contributed by atoms with van der Waals surface area (Å²) in [6.45, 7) is 0.423. The fourth-order valence-corrected chi connectivity index (χ4v) is 2.40. The second-order valence-corrected chi connectivity index (χ2v) is 5.26. The maximum absolute atomic E-state index is 12.2. The highest BCUT2D eigenvalue weighted by molar-refractivity contribution is 6.04. The van der Waals surface area contributed by atoms with Gasteiger partial charge in [-0.25, -0.2) is 4.79 Å². The highest BCUT2D eigenvalue weighted by Gasteiger charge is 2.26. The van der Waals surface area contributed by atoms with Crippen LogP contribution in [0.4, 0.5) is 11.4 Å². The summed E-state index contributed by atoms with van der Waals surface area (Å²) in [6.07, 6.45) is 3.72. The number of ether oxygens (including phenoxy) is 2. The fourth-order valence-electron chi connectivity index (χ4n) is 2.40. The van der Waals surface area contributed by atoms with Gasteiger partial charge in [-0.3, -0.25) is 9.78 Å². The summed E-state index contributed by atoms with van der Waals surface area (Å²) < 4.78 is 10.3. The van der Waals surface area contributed by atoms with E-state index in [1.54, 1.807) is 36.5 Å². The van der Waals surface area contributed by atoms with Crippen molar-refractivity contribution in [3.05, 3.63) is 48.3 Å². The highest BCUT2D eigenvalue weighted by Crippen LogP contribution is 2.29. The van der Waals surface area contributed by atoms with E-state index in [2.05, 4.69) is 15.6 Å². The Morgan fingerprint density at radius 3 is 2.92 bits per heavy atom. The molecule has 0 spiro atoms. The molecule has 1 amide bonds. The molecule has 24 heavy (non-hydrogen) atoms. The molecular formula is C17H17N3O4. The van der Waals surface area contributed by atoms with Gasteiger partial charge in [-0.1, -0.05) is 0 Å². The Bertz CT molecular complexity index is 749. The van der Waals surface area contributed by atoms with E-state index in [1.807, 2.05) is 0 Å². The first-order chi connectivity index (χ1) is 11.7. The van der Waals surface area contributed by atoms with Crippen molar-refractivity contribution in [2.24, 2.45) is 0 Å². The molecule has 0 aliphatic carbocycles. The summed E-state index contributed by atoms with van der Waals surface area (Å²) in [4.78, 5) is 27.7. The lowest BCUT2D eigenvalue weighted by Crippen LogP contribution is -2.24. The van der Waals surface area contributed by atoms with Crippen molar-refractivity contribution in [2.45, 2.75) is 12.5 Å². The third kappa shape index (κ3) is 3.45. The number of nitrogens with zero attached hydrogens (tertiary/aromatic N) is 1. The van der Waals surface area contributed by atoms with Crippen LogP contribution >= 0.6 is 0 Å². The van der Waals surface area contributed by atoms with Gasteiger partial charge in [0.2, 0.25) is 0 Å². The SMILES string of the molecule is COc1cc(N[C@@H]2CCOC2=O)ccc1NC(=O)c1cccnc1. The molecule has 1 fully saturated rings. The molecule has 2 N–H and O–H groups in total. The van der Waals surface area contributed by atoms with Crippen molar-refractivity contribution in [3.63, 3.8) is 0 Å². The van der Waals surface area contributed by atoms with E-state index in [1.165, 1.54) is 13.3 Å². The van der Waals surface area contributed by atoms with Gasteiger partial charge in [0.15, 0.2) is 0 Å². The number of hydrogen-bond acceptors (Lipinski definition) is 6. The lowest BCUT2D eigenvalue weighted by Gasteiger charge is -2.14. The Morgan fingerprint density at radius 2 is 2.25 bits per heavy atom. The zero-order valence-electron chi connectivity index (χ0n) is 13.1. The molecule has 1 aliphatic rings. The standard InChI is InChI=1S/C17H17N3O4/c1-23-15-9-12(19-14-6-8-24-17(14)22)4-5-13(15)20-16(21)11-3-2-7-18-10-11/h2-5,7,9-10,14,19H,6,8H2,1H3,(H,20,21)/t14-/m1/s1. The first-order valence-electron chi connectivity index (χ1n) is 7.50. The number of carbonyl (C=O) groups is 2. The molecule has 0 bridgehead atoms. The number of benzene rings is 1. The Kier molecular flexibility index (Phi) is 4.60. The van der Waals surface area contributed by atoms with Crippen LogP contribution in [0.1, 0.15) is 16.8 Å². The van der Waals surface area contributed by atoms with Gasteiger partial charge in [-0.2, -0.15) is 0 Å². The van der Waals surface area contributed by atoms with Gasteiger partial charge in [0.1, 0.15) is 11.8 Å². The molecule has 124 valence electrons. The quantitative estimate of drug-likeness (QED) is 0.817. The van der Waals surface area contributed by atoms with Gasteiger partial charge >= 0.3 is 5.97 Å². The summed E-state index contributed by atoms with van der Waals surface area (Å²) >= 11 is 0. The number of hydrogen-bond donors (Lipinski definition) is 2. The highest BCUT2D eigenvalue weighted by atomic mass is 16.5. The summed E-state index contributed by atoms with van der Waals surface area (Å²) in [6, 6.07) is 8.23. The van der Waals surface area contributed by atoms with Crippen LogP contribution in [0.5, 0.6) is 5.75 Å². The minimum absolute atomic E-state index is 0.261. The van der Waals surface area contributed by atoms with Crippen LogP contribution < -0.4 is 15.4 Å². The smallest absolute Gasteiger partial charge is 0.328 e. The summed E-state index contributed by atoms with van der Waals surface area (Å²) in [5.74, 6) is -0.0481. The average molecular weight is 327 g/mol. The summed E-state index contributed by atoms with van der Waals surface area (Å²) in [5, 5.41) is 5.88. The predicted molar refractivity (Wildman–Crippen MR) is 88.2 cm³/mol. The number of carbonyl (C=O) groups excluding carboxylic acids is 2. The number of anilines is 2. The van der Waals surface area contributed by atoms with Gasteiger partial charge in [0, 0.05) is 30.6 Å². The second-order valence-electron chi connectivity index (χ2n) is 5.26. The van der Waals surface area contributed by atoms with Crippen molar-refractivity contribution in [1.29, 1.82) is 0 Å². The van der Waals surface area contributed by atoms with E-state index < -0.39 is 0 Å². The topological polar surface area (TPSA) is 89.5 Å². The normalized spacial score (nSPS) is 16.4. The van der Waals surface area contributed by atoms with E-state index in [0.29, 0.717) is 30.0 Å². The summed E-state index contributed by atoms with van der Waals surface area (Å²) in [5.41, 5.74) is 1.71. The maximum Gasteiger partial charge on any atom is 0.328 e. The number of nitrogens with one attached hydrogen (secondary N) is 2. The van der Waals surface area contributed by atoms with Crippen LogP contribution in [0.3, 0.4) is 0 Å². The molecule has 2 heterocycles. The third-order valence-corrected chi connectivity index (χ3v) is 3.65. The molecular weight excluding hydrogens is 310 g/mol. The number of aromatic nitrogens is 1. The van der Waals surface area contributed by atoms with E-state index in [0.717, 1.165) is 5.69 Å². The second kappa shape index (κ2) is 6.99. The number of cyclic esters (lactones) is 1. The minimum atomic E-state index is -0.356. The Hall–Kier alpha value is -3.09. The number of rotatable bonds is 5. The molecule has 0 unspecified atom stereocenters. The lowest BCUT2D eigenvalue weighted by molar-refractivity contribution is -0.138. The lowest BCUT2D eigenvalue weighted by atomic mass is 10.2. The minimum Gasteiger partial charge on any atom is -0.494 e. The Balaban J connectivity index is 1.74. The van der Waals surface area contributed by atoms with Gasteiger partial charge in [0.05, 0.1) is 25.0 Å². The van der Waals surface area contributed by atoms with Gasteiger partial charge in [-0.15, -0.1) is 0 Å². The zero-order valence-corrected chi connectivity index (χ0v) is 13.1. The Morgan fingerprint density at radius 1 is 1.38 bits per heavy atom. The van der Waals surface area contributed by atoms with E-state index >= 15 is 0 Å². The Labute approximate surface area is 139 Å². The van der Waals surface area contributed by atoms with Crippen LogP contribution in [0, 0.1) is 0 Å². The molecule has 1 aliphatic heterocycles. The van der Waals surface area contributed by atoms with Gasteiger partial charge in [0.25, 0.3) is 5.91 Å². The van der Waals surface area contributed by atoms with Crippen molar-refractivity contribution in [1.82, 2.24) is 4.98 Å². The third-order valence-electron chi connectivity index (χ3n) is 3.65. The number of esters is 1. The van der Waals surface area contributed by atoms with Gasteiger partial charge < -0.3 is 20.1 Å². The number of amides is 1. The number of methoxy groups -OCH3 is 1. The fraction of sp³-hybridized carbons (Fsp3) is 0.235. The first-order valence-corrected chi connectivity index (χ1v) is 7.50. The largest absolute Gasteiger partial charge is 0.494 e. The van der Waals surface area contributed by atoms with Crippen LogP contribution in [0.25, 0.3) is 0 Å². The first kappa shape index (κ1) is 15.8. The zero-order chi connectivity index (χ0) is 16.9. The van der Waals surface area contributed by atoms with E-state index in [9.17, 15) is 9.59 Å². The molecule has 0 radical (unpaired) electrons. The van der Waals surface area contributed by atoms with Crippen molar-refractivity contribution in [3.8, 4) is 5.75 Å². The van der Waals surface area contributed by atoms with Gasteiger partial charge in [-0.05, 0) is 24.3 Å². The monoisotopic (exact) mass is 327 g/mol. The molecule has 1 aromatic heterocycles. The van der Waals surface area contributed by atoms with Crippen LogP contribution in [-0.4, -0.2) is 36.6 Å². The van der Waals surface area contributed by atoms with Crippen LogP contribution in [-0.2, 0) is 9.53 Å². The molecule has 7 heteroatoms. The molecule has 7 nitrogen and oxygen atoms in total. The van der Waals surface area contributed by atoms with Crippen LogP contribution in [0.2, 0.25) is 0 Å². The molecule has 2 aromatic rings. The number of pyridine rings is 1. The van der Waals surface area contributed by atoms with Crippen molar-refractivity contribution < 1.29 is 19.1 Å². The summed E-state index contributed by atoms with van der Waals surface area (Å²) in [7, 11) is 1.52.